The molecule has 1 amide bonds. The molecule has 0 aromatic carbocycles. The number of aliphatic hydroxyl groups excluding tert-OH is 1. The lowest BCUT2D eigenvalue weighted by Gasteiger charge is -2.38. The number of hydrogen-bond acceptors (Lipinski definition) is 4. The third-order valence-electron chi connectivity index (χ3n) is 3.42. The van der Waals surface area contributed by atoms with Gasteiger partial charge < -0.3 is 16.2 Å². The molecule has 5 nitrogen and oxygen atoms in total. The van der Waals surface area contributed by atoms with Gasteiger partial charge in [0.05, 0.1) is 6.04 Å². The van der Waals surface area contributed by atoms with Crippen LogP contribution in [0, 0.1) is 5.41 Å². The van der Waals surface area contributed by atoms with Crippen molar-refractivity contribution in [2.45, 2.75) is 31.5 Å². The smallest absolute Gasteiger partial charge is 0.234 e. The van der Waals surface area contributed by atoms with Crippen molar-refractivity contribution in [2.75, 3.05) is 13.1 Å². The Labute approximate surface area is 83.0 Å². The number of hydrogen-bond donors (Lipinski definition) is 4. The maximum absolute atomic E-state index is 11.0. The molecule has 5 N–H and O–H groups in total. The number of carbonyl (C=O) groups excluding carboxylic acids is 1. The Morgan fingerprint density at radius 3 is 2.86 bits per heavy atom. The third-order valence-corrected chi connectivity index (χ3v) is 3.42. The molecule has 14 heavy (non-hydrogen) atoms. The summed E-state index contributed by atoms with van der Waals surface area (Å²) >= 11 is 0. The van der Waals surface area contributed by atoms with Crippen LogP contribution in [-0.4, -0.2) is 36.4 Å². The third kappa shape index (κ3) is 1.51. The van der Waals surface area contributed by atoms with Crippen LogP contribution in [0.15, 0.2) is 0 Å². The predicted molar refractivity (Wildman–Crippen MR) is 51.3 cm³/mol. The topological polar surface area (TPSA) is 87.4 Å². The number of amides is 1. The van der Waals surface area contributed by atoms with Gasteiger partial charge in [-0.3, -0.25) is 10.1 Å². The summed E-state index contributed by atoms with van der Waals surface area (Å²) in [5, 5.41) is 16.0. The predicted octanol–water partition coefficient (Wildman–Crippen LogP) is -1.48. The van der Waals surface area contributed by atoms with Gasteiger partial charge in [0.25, 0.3) is 0 Å². The van der Waals surface area contributed by atoms with Gasteiger partial charge in [0.2, 0.25) is 5.91 Å². The van der Waals surface area contributed by atoms with E-state index in [1.165, 1.54) is 0 Å². The molecule has 2 saturated heterocycles. The van der Waals surface area contributed by atoms with Gasteiger partial charge in [-0.15, -0.1) is 0 Å². The SMILES string of the molecule is NC(=O)C1CC2(CCCNC2O)CN1. The summed E-state index contributed by atoms with van der Waals surface area (Å²) < 4.78 is 0. The normalized spacial score (nSPS) is 42.9. The summed E-state index contributed by atoms with van der Waals surface area (Å²) in [4.78, 5) is 11.0. The second-order valence-corrected chi connectivity index (χ2v) is 4.36. The summed E-state index contributed by atoms with van der Waals surface area (Å²) in [6, 6.07) is -0.274. The van der Waals surface area contributed by atoms with E-state index in [1.807, 2.05) is 0 Å². The van der Waals surface area contributed by atoms with E-state index < -0.39 is 6.23 Å². The first-order chi connectivity index (χ1) is 6.64. The number of rotatable bonds is 1. The monoisotopic (exact) mass is 199 g/mol. The van der Waals surface area contributed by atoms with Gasteiger partial charge in [0.15, 0.2) is 0 Å². The molecule has 3 atom stereocenters. The number of aliphatic hydroxyl groups is 1. The highest BCUT2D eigenvalue weighted by Gasteiger charge is 2.47. The molecule has 2 fully saturated rings. The molecule has 0 aromatic rings. The summed E-state index contributed by atoms with van der Waals surface area (Å²) in [7, 11) is 0. The largest absolute Gasteiger partial charge is 0.378 e. The summed E-state index contributed by atoms with van der Waals surface area (Å²) in [5.74, 6) is -0.320. The molecular formula is C9H17N3O2. The van der Waals surface area contributed by atoms with Crippen LogP contribution in [0.4, 0.5) is 0 Å². The molecule has 0 bridgehead atoms. The fourth-order valence-corrected chi connectivity index (χ4v) is 2.51. The van der Waals surface area contributed by atoms with Gasteiger partial charge in [0.1, 0.15) is 6.23 Å². The Kier molecular flexibility index (Phi) is 2.47. The van der Waals surface area contributed by atoms with Crippen molar-refractivity contribution in [3.8, 4) is 0 Å². The fraction of sp³-hybridized carbons (Fsp3) is 0.889. The molecular weight excluding hydrogens is 182 g/mol. The van der Waals surface area contributed by atoms with Gasteiger partial charge in [-0.05, 0) is 25.8 Å². The Morgan fingerprint density at radius 2 is 2.29 bits per heavy atom. The van der Waals surface area contributed by atoms with E-state index in [9.17, 15) is 9.90 Å². The molecule has 2 aliphatic rings. The lowest BCUT2D eigenvalue weighted by molar-refractivity contribution is -0.120. The Morgan fingerprint density at radius 1 is 1.50 bits per heavy atom. The zero-order valence-corrected chi connectivity index (χ0v) is 8.12. The quantitative estimate of drug-likeness (QED) is 0.415. The van der Waals surface area contributed by atoms with Crippen molar-refractivity contribution in [1.29, 1.82) is 0 Å². The van der Waals surface area contributed by atoms with E-state index in [0.717, 1.165) is 19.4 Å². The van der Waals surface area contributed by atoms with Crippen LogP contribution in [0.5, 0.6) is 0 Å². The Bertz CT molecular complexity index is 246. The average molecular weight is 199 g/mol. The lowest BCUT2D eigenvalue weighted by Crippen LogP contribution is -2.50. The maximum Gasteiger partial charge on any atom is 0.234 e. The van der Waals surface area contributed by atoms with Gasteiger partial charge in [-0.2, -0.15) is 0 Å². The lowest BCUT2D eigenvalue weighted by atomic mass is 9.77. The Balaban J connectivity index is 2.06. The molecule has 0 radical (unpaired) electrons. The van der Waals surface area contributed by atoms with E-state index in [0.29, 0.717) is 13.0 Å². The van der Waals surface area contributed by atoms with Crippen LogP contribution >= 0.6 is 0 Å². The van der Waals surface area contributed by atoms with Crippen LogP contribution < -0.4 is 16.4 Å². The van der Waals surface area contributed by atoms with Crippen LogP contribution in [-0.2, 0) is 4.79 Å². The van der Waals surface area contributed by atoms with Crippen molar-refractivity contribution in [2.24, 2.45) is 11.1 Å². The van der Waals surface area contributed by atoms with Crippen molar-refractivity contribution >= 4 is 5.91 Å². The van der Waals surface area contributed by atoms with E-state index in [4.69, 9.17) is 5.73 Å². The second-order valence-electron chi connectivity index (χ2n) is 4.36. The highest BCUT2D eigenvalue weighted by Crippen LogP contribution is 2.38. The molecule has 2 heterocycles. The number of piperidine rings is 1. The number of nitrogens with one attached hydrogen (secondary N) is 2. The molecule has 0 aromatic heterocycles. The summed E-state index contributed by atoms with van der Waals surface area (Å²) in [5.41, 5.74) is 5.05. The van der Waals surface area contributed by atoms with Gasteiger partial charge in [-0.1, -0.05) is 0 Å². The van der Waals surface area contributed by atoms with E-state index in [2.05, 4.69) is 10.6 Å². The van der Waals surface area contributed by atoms with Gasteiger partial charge in [0, 0.05) is 12.0 Å². The second kappa shape index (κ2) is 3.49. The number of primary amides is 1. The molecule has 2 rings (SSSR count). The molecule has 1 spiro atoms. The summed E-state index contributed by atoms with van der Waals surface area (Å²) in [6.45, 7) is 1.53. The van der Waals surface area contributed by atoms with Crippen molar-refractivity contribution in [1.82, 2.24) is 10.6 Å². The standard InChI is InChI=1S/C9H17N3O2/c10-7(13)6-4-9(5-12-6)2-1-3-11-8(9)14/h6,8,11-12,14H,1-5H2,(H2,10,13). The number of carbonyl (C=O) groups is 1. The number of nitrogens with two attached hydrogens (primary N) is 1. The maximum atomic E-state index is 11.0. The van der Waals surface area contributed by atoms with Crippen LogP contribution in [0.3, 0.4) is 0 Å². The van der Waals surface area contributed by atoms with Crippen LogP contribution in [0.2, 0.25) is 0 Å². The highest BCUT2D eigenvalue weighted by molar-refractivity contribution is 5.80. The molecule has 80 valence electrons. The van der Waals surface area contributed by atoms with Crippen LogP contribution in [0.25, 0.3) is 0 Å². The molecule has 3 unspecified atom stereocenters. The van der Waals surface area contributed by atoms with Crippen molar-refractivity contribution in [3.63, 3.8) is 0 Å². The minimum Gasteiger partial charge on any atom is -0.378 e. The first kappa shape index (κ1) is 9.89. The molecule has 2 aliphatic heterocycles. The van der Waals surface area contributed by atoms with Gasteiger partial charge in [-0.25, -0.2) is 0 Å². The minimum absolute atomic E-state index is 0.183. The first-order valence-corrected chi connectivity index (χ1v) is 5.08. The highest BCUT2D eigenvalue weighted by atomic mass is 16.3. The van der Waals surface area contributed by atoms with Gasteiger partial charge >= 0.3 is 0 Å². The van der Waals surface area contributed by atoms with Crippen molar-refractivity contribution < 1.29 is 9.90 Å². The minimum atomic E-state index is -0.506. The van der Waals surface area contributed by atoms with Crippen molar-refractivity contribution in [3.05, 3.63) is 0 Å². The molecule has 0 aliphatic carbocycles. The van der Waals surface area contributed by atoms with E-state index >= 15 is 0 Å². The molecule has 5 heteroatoms. The summed E-state index contributed by atoms with van der Waals surface area (Å²) in [6.07, 6.45) is 2.15. The van der Waals surface area contributed by atoms with E-state index in [1.54, 1.807) is 0 Å². The fourth-order valence-electron chi connectivity index (χ4n) is 2.51. The Hall–Kier alpha value is -0.650. The zero-order chi connectivity index (χ0) is 10.2. The average Bonchev–Trinajstić information content (AvgIpc) is 2.56. The zero-order valence-electron chi connectivity index (χ0n) is 8.12. The van der Waals surface area contributed by atoms with E-state index in [-0.39, 0.29) is 17.4 Å². The first-order valence-electron chi connectivity index (χ1n) is 5.08. The van der Waals surface area contributed by atoms with Crippen LogP contribution in [0.1, 0.15) is 19.3 Å². The molecule has 0 saturated carbocycles.